The largest absolute Gasteiger partial charge is 0.469 e. The van der Waals surface area contributed by atoms with Gasteiger partial charge < -0.3 is 4.74 Å². The topological polar surface area (TPSA) is 99.4 Å². The van der Waals surface area contributed by atoms with Crippen LogP contribution in [0.5, 0.6) is 5.19 Å². The molecule has 2 aromatic rings. The molecule has 0 unspecified atom stereocenters. The van der Waals surface area contributed by atoms with Crippen LogP contribution in [0.4, 0.5) is 0 Å². The van der Waals surface area contributed by atoms with Crippen molar-refractivity contribution in [2.24, 2.45) is 0 Å². The third-order valence-corrected chi connectivity index (χ3v) is 6.76. The molecular weight excluding hydrogens is 374 g/mol. The van der Waals surface area contributed by atoms with Crippen molar-refractivity contribution >= 4 is 21.4 Å². The minimum Gasteiger partial charge on any atom is -0.469 e. The van der Waals surface area contributed by atoms with Crippen molar-refractivity contribution in [2.75, 3.05) is 32.8 Å². The van der Waals surface area contributed by atoms with Gasteiger partial charge in [0.15, 0.2) is 0 Å². The smallest absolute Gasteiger partial charge is 0.294 e. The molecule has 8 nitrogen and oxygen atoms in total. The van der Waals surface area contributed by atoms with Crippen LogP contribution >= 0.6 is 11.3 Å². The average molecular weight is 393 g/mol. The van der Waals surface area contributed by atoms with Crippen molar-refractivity contribution in [3.05, 3.63) is 34.8 Å². The summed E-state index contributed by atoms with van der Waals surface area (Å²) in [5, 5.41) is 18.3. The summed E-state index contributed by atoms with van der Waals surface area (Å²) in [5.41, 5.74) is 0.442. The Bertz CT molecular complexity index is 881. The minimum absolute atomic E-state index is 0.218. The van der Waals surface area contributed by atoms with Gasteiger partial charge in [-0.3, -0.25) is 4.90 Å². The van der Waals surface area contributed by atoms with Gasteiger partial charge in [0.2, 0.25) is 10.0 Å². The molecule has 1 saturated heterocycles. The van der Waals surface area contributed by atoms with Crippen LogP contribution in [0.25, 0.3) is 0 Å². The van der Waals surface area contributed by atoms with E-state index in [9.17, 15) is 8.42 Å². The predicted molar refractivity (Wildman–Crippen MR) is 96.3 cm³/mol. The van der Waals surface area contributed by atoms with Gasteiger partial charge in [-0.1, -0.05) is 11.3 Å². The molecule has 10 heteroatoms. The van der Waals surface area contributed by atoms with E-state index in [1.807, 2.05) is 13.0 Å². The Morgan fingerprint density at radius 1 is 1.19 bits per heavy atom. The van der Waals surface area contributed by atoms with Gasteiger partial charge >= 0.3 is 0 Å². The van der Waals surface area contributed by atoms with Gasteiger partial charge in [-0.25, -0.2) is 8.42 Å². The summed E-state index contributed by atoms with van der Waals surface area (Å²) in [6.07, 6.45) is 0. The fourth-order valence-electron chi connectivity index (χ4n) is 2.65. The van der Waals surface area contributed by atoms with Gasteiger partial charge in [-0.2, -0.15) is 9.57 Å². The van der Waals surface area contributed by atoms with Gasteiger partial charge in [-0.15, -0.1) is 10.2 Å². The fraction of sp³-hybridized carbons (Fsp3) is 0.438. The van der Waals surface area contributed by atoms with Crippen molar-refractivity contribution in [1.29, 1.82) is 5.26 Å². The Hall–Kier alpha value is -2.06. The standard InChI is InChI=1S/C16H19N5O3S2/c1-2-24-16-19-18-15(25-16)12-20-7-9-21(10-8-20)26(22,23)14-5-3-13(11-17)4-6-14/h3-6H,2,7-10,12H2,1H3. The van der Waals surface area contributed by atoms with E-state index in [0.717, 1.165) is 5.01 Å². The first-order valence-electron chi connectivity index (χ1n) is 8.21. The van der Waals surface area contributed by atoms with E-state index in [0.29, 0.717) is 50.1 Å². The second-order valence-corrected chi connectivity index (χ2v) is 8.67. The van der Waals surface area contributed by atoms with Crippen LogP contribution < -0.4 is 4.74 Å². The highest BCUT2D eigenvalue weighted by molar-refractivity contribution is 7.89. The molecule has 0 saturated carbocycles. The Kier molecular flexibility index (Phi) is 5.83. The highest BCUT2D eigenvalue weighted by Gasteiger charge is 2.28. The Morgan fingerprint density at radius 2 is 1.88 bits per heavy atom. The second-order valence-electron chi connectivity index (χ2n) is 5.71. The number of benzene rings is 1. The number of hydrogen-bond donors (Lipinski definition) is 0. The fourth-order valence-corrected chi connectivity index (χ4v) is 4.86. The summed E-state index contributed by atoms with van der Waals surface area (Å²) in [7, 11) is -3.53. The van der Waals surface area contributed by atoms with Crippen LogP contribution in [0.2, 0.25) is 0 Å². The molecule has 0 radical (unpaired) electrons. The maximum Gasteiger partial charge on any atom is 0.294 e. The zero-order valence-electron chi connectivity index (χ0n) is 14.3. The van der Waals surface area contributed by atoms with Gasteiger partial charge in [0, 0.05) is 26.2 Å². The molecular formula is C16H19N5O3S2. The summed E-state index contributed by atoms with van der Waals surface area (Å²) in [6, 6.07) is 8.00. The molecule has 2 heterocycles. The number of ether oxygens (including phenoxy) is 1. The monoisotopic (exact) mass is 393 g/mol. The first-order valence-corrected chi connectivity index (χ1v) is 10.5. The van der Waals surface area contributed by atoms with E-state index in [1.165, 1.54) is 39.9 Å². The zero-order valence-corrected chi connectivity index (χ0v) is 16.0. The van der Waals surface area contributed by atoms with Gasteiger partial charge in [-0.05, 0) is 31.2 Å². The molecule has 1 aliphatic heterocycles. The predicted octanol–water partition coefficient (Wildman–Crippen LogP) is 1.31. The third-order valence-electron chi connectivity index (χ3n) is 4.03. The van der Waals surface area contributed by atoms with Gasteiger partial charge in [0.05, 0.1) is 29.7 Å². The SMILES string of the molecule is CCOc1nnc(CN2CCN(S(=O)(=O)c3ccc(C#N)cc3)CC2)s1. The number of piperazine rings is 1. The first kappa shape index (κ1) is 18.7. The molecule has 26 heavy (non-hydrogen) atoms. The quantitative estimate of drug-likeness (QED) is 0.729. The van der Waals surface area contributed by atoms with E-state index >= 15 is 0 Å². The number of aromatic nitrogens is 2. The Labute approximate surface area is 156 Å². The summed E-state index contributed by atoms with van der Waals surface area (Å²) >= 11 is 1.41. The van der Waals surface area contributed by atoms with Crippen LogP contribution in [0.3, 0.4) is 0 Å². The third kappa shape index (κ3) is 4.19. The van der Waals surface area contributed by atoms with Crippen LogP contribution in [-0.4, -0.2) is 60.6 Å². The maximum absolute atomic E-state index is 12.7. The zero-order chi connectivity index (χ0) is 18.6. The number of hydrogen-bond acceptors (Lipinski definition) is 8. The molecule has 1 aromatic carbocycles. The molecule has 1 aromatic heterocycles. The molecule has 0 amide bonds. The Balaban J connectivity index is 1.59. The molecule has 1 fully saturated rings. The van der Waals surface area contributed by atoms with Crippen molar-refractivity contribution in [2.45, 2.75) is 18.4 Å². The lowest BCUT2D eigenvalue weighted by atomic mass is 10.2. The van der Waals surface area contributed by atoms with E-state index in [1.54, 1.807) is 0 Å². The van der Waals surface area contributed by atoms with Crippen molar-refractivity contribution in [3.63, 3.8) is 0 Å². The molecule has 0 N–H and O–H groups in total. The molecule has 0 aliphatic carbocycles. The molecule has 0 atom stereocenters. The van der Waals surface area contributed by atoms with Crippen molar-refractivity contribution in [3.8, 4) is 11.3 Å². The lowest BCUT2D eigenvalue weighted by Gasteiger charge is -2.33. The van der Waals surface area contributed by atoms with Gasteiger partial charge in [0.1, 0.15) is 5.01 Å². The van der Waals surface area contributed by atoms with Crippen LogP contribution in [0.1, 0.15) is 17.5 Å². The molecule has 3 rings (SSSR count). The number of rotatable bonds is 6. The highest BCUT2D eigenvalue weighted by Crippen LogP contribution is 2.22. The van der Waals surface area contributed by atoms with Crippen molar-refractivity contribution < 1.29 is 13.2 Å². The normalized spacial score (nSPS) is 16.3. The van der Waals surface area contributed by atoms with Crippen molar-refractivity contribution in [1.82, 2.24) is 19.4 Å². The molecule has 0 spiro atoms. The van der Waals surface area contributed by atoms with Crippen LogP contribution in [0.15, 0.2) is 29.2 Å². The maximum atomic E-state index is 12.7. The lowest BCUT2D eigenvalue weighted by molar-refractivity contribution is 0.181. The summed E-state index contributed by atoms with van der Waals surface area (Å²) in [6.45, 7) is 5.17. The van der Waals surface area contributed by atoms with Gasteiger partial charge in [0.25, 0.3) is 5.19 Å². The van der Waals surface area contributed by atoms with E-state index in [2.05, 4.69) is 15.1 Å². The number of nitrogens with zero attached hydrogens (tertiary/aromatic N) is 5. The van der Waals surface area contributed by atoms with E-state index < -0.39 is 10.0 Å². The minimum atomic E-state index is -3.53. The second kappa shape index (κ2) is 8.09. The summed E-state index contributed by atoms with van der Waals surface area (Å²) in [5.74, 6) is 0. The molecule has 0 bridgehead atoms. The van der Waals surface area contributed by atoms with E-state index in [4.69, 9.17) is 10.00 Å². The lowest BCUT2D eigenvalue weighted by Crippen LogP contribution is -2.48. The number of sulfonamides is 1. The first-order chi connectivity index (χ1) is 12.5. The van der Waals surface area contributed by atoms with E-state index in [-0.39, 0.29) is 4.90 Å². The molecule has 138 valence electrons. The van der Waals surface area contributed by atoms with Crippen LogP contribution in [0, 0.1) is 11.3 Å². The highest BCUT2D eigenvalue weighted by atomic mass is 32.2. The molecule has 1 aliphatic rings. The summed E-state index contributed by atoms with van der Waals surface area (Å²) in [4.78, 5) is 2.37. The Morgan fingerprint density at radius 3 is 2.50 bits per heavy atom. The van der Waals surface area contributed by atoms with Crippen LogP contribution in [-0.2, 0) is 16.6 Å². The average Bonchev–Trinajstić information content (AvgIpc) is 3.09. The summed E-state index contributed by atoms with van der Waals surface area (Å²) < 4.78 is 32.2. The number of nitriles is 1.